The van der Waals surface area contributed by atoms with Gasteiger partial charge in [0.05, 0.1) is 0 Å². The molecule has 0 heterocycles. The summed E-state index contributed by atoms with van der Waals surface area (Å²) in [7, 11) is 0. The van der Waals surface area contributed by atoms with Crippen LogP contribution in [0.15, 0.2) is 23.3 Å². The van der Waals surface area contributed by atoms with Gasteiger partial charge in [-0.25, -0.2) is 0 Å². The first-order valence-corrected chi connectivity index (χ1v) is 2.56. The predicted octanol–water partition coefficient (Wildman–Crippen LogP) is 2.28. The van der Waals surface area contributed by atoms with Gasteiger partial charge in [-0.15, -0.1) is 0 Å². The quantitative estimate of drug-likeness (QED) is 0.467. The predicted molar refractivity (Wildman–Crippen MR) is 32.1 cm³/mol. The number of allylic oxidation sites excluding steroid dienone is 3. The molecule has 0 nitrogen and oxygen atoms in total. The molecule has 0 aliphatic heterocycles. The van der Waals surface area contributed by atoms with Gasteiger partial charge in [0, 0.05) is 0 Å². The third-order valence-electron chi connectivity index (χ3n) is 1.35. The minimum atomic E-state index is 1.22. The molecule has 1 aliphatic carbocycles. The van der Waals surface area contributed by atoms with Gasteiger partial charge in [-0.2, -0.15) is 0 Å². The van der Waals surface area contributed by atoms with E-state index in [2.05, 4.69) is 20.4 Å². The Morgan fingerprint density at radius 2 is 2.14 bits per heavy atom. The summed E-state index contributed by atoms with van der Waals surface area (Å²) in [5.74, 6) is 0. The summed E-state index contributed by atoms with van der Waals surface area (Å²) in [6.07, 6.45) is 1.22. The van der Waals surface area contributed by atoms with Crippen LogP contribution in [-0.2, 0) is 0 Å². The molecule has 0 aromatic carbocycles. The van der Waals surface area contributed by atoms with Crippen molar-refractivity contribution in [3.63, 3.8) is 0 Å². The Kier molecular flexibility index (Phi) is 0.810. The van der Waals surface area contributed by atoms with Crippen LogP contribution in [0, 0.1) is 0 Å². The molecular formula is C7H10. The molecule has 1 aliphatic rings. The van der Waals surface area contributed by atoms with E-state index in [1.54, 1.807) is 0 Å². The van der Waals surface area contributed by atoms with E-state index in [4.69, 9.17) is 0 Å². The van der Waals surface area contributed by atoms with E-state index in [1.165, 1.54) is 23.1 Å². The summed E-state index contributed by atoms with van der Waals surface area (Å²) in [6, 6.07) is 0. The van der Waals surface area contributed by atoms with Crippen LogP contribution in [-0.4, -0.2) is 0 Å². The second-order valence-electron chi connectivity index (χ2n) is 2.22. The van der Waals surface area contributed by atoms with Crippen LogP contribution in [0.5, 0.6) is 0 Å². The molecule has 0 aromatic heterocycles. The lowest BCUT2D eigenvalue weighted by Gasteiger charge is -1.79. The van der Waals surface area contributed by atoms with Crippen LogP contribution < -0.4 is 0 Å². The van der Waals surface area contributed by atoms with E-state index in [-0.39, 0.29) is 0 Å². The fraction of sp³-hybridized carbons (Fsp3) is 0.429. The third-order valence-corrected chi connectivity index (χ3v) is 1.35. The Labute approximate surface area is 44.5 Å². The van der Waals surface area contributed by atoms with Crippen molar-refractivity contribution in [2.45, 2.75) is 20.3 Å². The molecule has 0 amide bonds. The lowest BCUT2D eigenvalue weighted by atomic mass is 10.3. The van der Waals surface area contributed by atoms with Crippen molar-refractivity contribution in [1.29, 1.82) is 0 Å². The molecule has 0 aromatic rings. The van der Waals surface area contributed by atoms with Crippen LogP contribution in [0.25, 0.3) is 0 Å². The second kappa shape index (κ2) is 1.22. The largest absolute Gasteiger partial charge is 0.0958 e. The first kappa shape index (κ1) is 4.63. The molecule has 0 spiro atoms. The molecule has 0 N–H and O–H groups in total. The van der Waals surface area contributed by atoms with Crippen LogP contribution >= 0.6 is 0 Å². The van der Waals surface area contributed by atoms with Gasteiger partial charge in [0.15, 0.2) is 0 Å². The molecule has 0 unspecified atom stereocenters. The molecule has 0 fully saturated rings. The number of hydrogen-bond acceptors (Lipinski definition) is 0. The number of hydrogen-bond donors (Lipinski definition) is 0. The van der Waals surface area contributed by atoms with E-state index < -0.39 is 0 Å². The summed E-state index contributed by atoms with van der Waals surface area (Å²) in [5, 5.41) is 0. The number of rotatable bonds is 1. The molecular weight excluding hydrogens is 84.1 g/mol. The standard InChI is InChI=1S/C7H10/c1-5(2)7-4-6(7)3/h1,4H2,2-3H3. The monoisotopic (exact) mass is 94.1 g/mol. The maximum atomic E-state index is 3.81. The van der Waals surface area contributed by atoms with Crippen LogP contribution in [0.1, 0.15) is 20.3 Å². The average Bonchev–Trinajstić information content (AvgIpc) is 2.17. The molecule has 7 heavy (non-hydrogen) atoms. The van der Waals surface area contributed by atoms with Crippen LogP contribution in [0.2, 0.25) is 0 Å². The van der Waals surface area contributed by atoms with E-state index in [0.29, 0.717) is 0 Å². The van der Waals surface area contributed by atoms with Crippen molar-refractivity contribution in [1.82, 2.24) is 0 Å². The summed E-state index contributed by atoms with van der Waals surface area (Å²) in [4.78, 5) is 0. The lowest BCUT2D eigenvalue weighted by Crippen LogP contribution is -1.59. The smallest absolute Gasteiger partial charge is 0.00619 e. The van der Waals surface area contributed by atoms with Gasteiger partial charge < -0.3 is 0 Å². The highest BCUT2D eigenvalue weighted by Gasteiger charge is 2.15. The first-order chi connectivity index (χ1) is 3.22. The maximum absolute atomic E-state index is 3.81. The summed E-state index contributed by atoms with van der Waals surface area (Å²) >= 11 is 0. The Bertz CT molecular complexity index is 133. The molecule has 1 rings (SSSR count). The minimum absolute atomic E-state index is 1.22. The summed E-state index contributed by atoms with van der Waals surface area (Å²) in [5.41, 5.74) is 4.25. The molecule has 0 bridgehead atoms. The van der Waals surface area contributed by atoms with E-state index in [9.17, 15) is 0 Å². The minimum Gasteiger partial charge on any atom is -0.0958 e. The first-order valence-electron chi connectivity index (χ1n) is 2.56. The zero-order valence-corrected chi connectivity index (χ0v) is 4.91. The lowest BCUT2D eigenvalue weighted by molar-refractivity contribution is 1.41. The van der Waals surface area contributed by atoms with Gasteiger partial charge in [-0.05, 0) is 25.8 Å². The molecule has 38 valence electrons. The zero-order chi connectivity index (χ0) is 5.44. The highest BCUT2D eigenvalue weighted by molar-refractivity contribution is 5.46. The fourth-order valence-electron chi connectivity index (χ4n) is 0.736. The van der Waals surface area contributed by atoms with Crippen molar-refractivity contribution in [2.75, 3.05) is 0 Å². The average molecular weight is 94.2 g/mol. The normalized spacial score (nSPS) is 17.4. The fourth-order valence-corrected chi connectivity index (χ4v) is 0.736. The Morgan fingerprint density at radius 1 is 1.71 bits per heavy atom. The molecule has 0 saturated heterocycles. The summed E-state index contributed by atoms with van der Waals surface area (Å²) < 4.78 is 0. The summed E-state index contributed by atoms with van der Waals surface area (Å²) in [6.45, 7) is 8.03. The topological polar surface area (TPSA) is 0 Å². The van der Waals surface area contributed by atoms with Gasteiger partial charge in [-0.1, -0.05) is 17.7 Å². The highest BCUT2D eigenvalue weighted by atomic mass is 14.2. The maximum Gasteiger partial charge on any atom is -0.00619 e. The highest BCUT2D eigenvalue weighted by Crippen LogP contribution is 2.34. The Hall–Kier alpha value is -0.520. The molecule has 0 saturated carbocycles. The van der Waals surface area contributed by atoms with Crippen molar-refractivity contribution in [2.24, 2.45) is 0 Å². The van der Waals surface area contributed by atoms with E-state index in [0.717, 1.165) is 0 Å². The van der Waals surface area contributed by atoms with Gasteiger partial charge in [-0.3, -0.25) is 0 Å². The SMILES string of the molecule is C=C(C)C1=C(C)C1. The van der Waals surface area contributed by atoms with Crippen molar-refractivity contribution in [3.8, 4) is 0 Å². The van der Waals surface area contributed by atoms with Gasteiger partial charge in [0.1, 0.15) is 0 Å². The van der Waals surface area contributed by atoms with Gasteiger partial charge in [0.2, 0.25) is 0 Å². The van der Waals surface area contributed by atoms with Crippen molar-refractivity contribution >= 4 is 0 Å². The van der Waals surface area contributed by atoms with Gasteiger partial charge >= 0.3 is 0 Å². The Balaban J connectivity index is 2.62. The van der Waals surface area contributed by atoms with Crippen molar-refractivity contribution in [3.05, 3.63) is 23.3 Å². The van der Waals surface area contributed by atoms with Crippen molar-refractivity contribution < 1.29 is 0 Å². The molecule has 0 heteroatoms. The molecule has 0 radical (unpaired) electrons. The van der Waals surface area contributed by atoms with Gasteiger partial charge in [0.25, 0.3) is 0 Å². The zero-order valence-electron chi connectivity index (χ0n) is 4.91. The molecule has 0 atom stereocenters. The van der Waals surface area contributed by atoms with Crippen LogP contribution in [0.4, 0.5) is 0 Å². The van der Waals surface area contributed by atoms with E-state index in [1.807, 2.05) is 0 Å². The third kappa shape index (κ3) is 0.738. The Morgan fingerprint density at radius 3 is 2.14 bits per heavy atom. The van der Waals surface area contributed by atoms with E-state index >= 15 is 0 Å². The van der Waals surface area contributed by atoms with Crippen LogP contribution in [0.3, 0.4) is 0 Å². The second-order valence-corrected chi connectivity index (χ2v) is 2.22.